The number of nitrogens with two attached hydrogens (primary N) is 1. The average molecular weight is 634 g/mol. The molecule has 0 aromatic heterocycles. The maximum Gasteiger partial charge on any atom is 0.245 e. The Morgan fingerprint density at radius 2 is 1.49 bits per heavy atom. The quantitative estimate of drug-likeness (QED) is 0.187. The maximum atomic E-state index is 13.9. The fourth-order valence-corrected chi connectivity index (χ4v) is 6.66. The van der Waals surface area contributed by atoms with Crippen molar-refractivity contribution < 1.29 is 19.1 Å². The van der Waals surface area contributed by atoms with Gasteiger partial charge in [-0.15, -0.1) is 0 Å². The largest absolute Gasteiger partial charge is 0.457 e. The van der Waals surface area contributed by atoms with Crippen molar-refractivity contribution in [1.82, 2.24) is 20.9 Å². The number of hydrogen-bond donors (Lipinski definition) is 4. The van der Waals surface area contributed by atoms with Gasteiger partial charge >= 0.3 is 0 Å². The number of amides is 3. The van der Waals surface area contributed by atoms with Gasteiger partial charge in [0.2, 0.25) is 17.7 Å². The average Bonchev–Trinajstić information content (AvgIpc) is 3.09. The standard InChI is InChI=1S/C38H43N5O4/c39-19-16-35(44)43(25-27-17-20-40-21-18-27)34(24-26-11-14-32(15-12-26)47-31-8-2-1-3-9-31)36-38(46)41-33(37(45)42-36)23-28-10-13-29-6-4-5-7-30(29)22-28/h1-15,22,27,33-34,36,40H,16-21,23-25,39H2,(H,41,46)(H,42,45)/t33-,34?,36-/m0/s1. The van der Waals surface area contributed by atoms with E-state index >= 15 is 0 Å². The number of piperazine rings is 1. The lowest BCUT2D eigenvalue weighted by molar-refractivity contribution is -0.143. The predicted octanol–water partition coefficient (Wildman–Crippen LogP) is 3.95. The minimum absolute atomic E-state index is 0.111. The highest BCUT2D eigenvalue weighted by atomic mass is 16.5. The number of hydrogen-bond acceptors (Lipinski definition) is 6. The van der Waals surface area contributed by atoms with Gasteiger partial charge in [0.05, 0.1) is 6.04 Å². The van der Waals surface area contributed by atoms with Crippen LogP contribution in [0.5, 0.6) is 11.5 Å². The highest BCUT2D eigenvalue weighted by Gasteiger charge is 2.42. The summed E-state index contributed by atoms with van der Waals surface area (Å²) in [4.78, 5) is 43.1. The summed E-state index contributed by atoms with van der Waals surface area (Å²) in [5, 5.41) is 11.6. The molecule has 4 aromatic rings. The van der Waals surface area contributed by atoms with Gasteiger partial charge < -0.3 is 31.3 Å². The Hall–Kier alpha value is -4.73. The molecular formula is C38H43N5O4. The van der Waals surface area contributed by atoms with Crippen LogP contribution in [0.3, 0.4) is 0 Å². The minimum atomic E-state index is -0.918. The van der Waals surface area contributed by atoms with Crippen LogP contribution < -0.4 is 26.4 Å². The van der Waals surface area contributed by atoms with Crippen LogP contribution in [0.25, 0.3) is 10.8 Å². The zero-order valence-corrected chi connectivity index (χ0v) is 26.6. The van der Waals surface area contributed by atoms with Crippen molar-refractivity contribution in [2.24, 2.45) is 11.7 Å². The molecule has 9 heteroatoms. The van der Waals surface area contributed by atoms with Gasteiger partial charge in [0, 0.05) is 25.9 Å². The number of rotatable bonds is 12. The SMILES string of the molecule is NCCC(=O)N(CC1CCNCC1)C(Cc1ccc(Oc2ccccc2)cc1)[C@@H]1NC(=O)[C@H](Cc2ccc3ccccc3c2)NC1=O. The molecular weight excluding hydrogens is 590 g/mol. The Labute approximate surface area is 275 Å². The lowest BCUT2D eigenvalue weighted by Gasteiger charge is -2.42. The third-order valence-corrected chi connectivity index (χ3v) is 9.19. The van der Waals surface area contributed by atoms with Gasteiger partial charge in [-0.25, -0.2) is 0 Å². The molecule has 1 unspecified atom stereocenters. The normalized spacial score (nSPS) is 19.1. The Bertz CT molecular complexity index is 1670. The molecule has 3 atom stereocenters. The molecule has 0 spiro atoms. The summed E-state index contributed by atoms with van der Waals surface area (Å²) >= 11 is 0. The van der Waals surface area contributed by atoms with Crippen molar-refractivity contribution in [3.63, 3.8) is 0 Å². The first kappa shape index (κ1) is 32.2. The van der Waals surface area contributed by atoms with Gasteiger partial charge in [0.1, 0.15) is 23.6 Å². The lowest BCUT2D eigenvalue weighted by atomic mass is 9.90. The Kier molecular flexibility index (Phi) is 10.4. The van der Waals surface area contributed by atoms with Gasteiger partial charge in [0.15, 0.2) is 0 Å². The molecule has 5 N–H and O–H groups in total. The molecule has 9 nitrogen and oxygen atoms in total. The summed E-state index contributed by atoms with van der Waals surface area (Å²) in [6.07, 6.45) is 2.77. The van der Waals surface area contributed by atoms with Crippen LogP contribution in [0.4, 0.5) is 0 Å². The Morgan fingerprint density at radius 3 is 2.23 bits per heavy atom. The number of carbonyl (C=O) groups is 3. The first-order chi connectivity index (χ1) is 23.0. The number of para-hydroxylation sites is 1. The van der Waals surface area contributed by atoms with Crippen molar-refractivity contribution in [3.8, 4) is 11.5 Å². The first-order valence-electron chi connectivity index (χ1n) is 16.6. The van der Waals surface area contributed by atoms with Crippen molar-refractivity contribution in [1.29, 1.82) is 0 Å². The van der Waals surface area contributed by atoms with Crippen LogP contribution >= 0.6 is 0 Å². The van der Waals surface area contributed by atoms with E-state index in [1.54, 1.807) is 0 Å². The zero-order chi connectivity index (χ0) is 32.6. The van der Waals surface area contributed by atoms with E-state index in [9.17, 15) is 14.4 Å². The van der Waals surface area contributed by atoms with Gasteiger partial charge in [0.25, 0.3) is 0 Å². The molecule has 2 fully saturated rings. The first-order valence-corrected chi connectivity index (χ1v) is 16.6. The molecule has 2 aliphatic rings. The number of nitrogens with zero attached hydrogens (tertiary/aromatic N) is 1. The molecule has 0 aliphatic carbocycles. The molecule has 47 heavy (non-hydrogen) atoms. The van der Waals surface area contributed by atoms with Crippen LogP contribution in [0.1, 0.15) is 30.4 Å². The summed E-state index contributed by atoms with van der Waals surface area (Å²) in [5.41, 5.74) is 7.75. The number of benzene rings is 4. The van der Waals surface area contributed by atoms with E-state index in [4.69, 9.17) is 10.5 Å². The second kappa shape index (κ2) is 15.2. The lowest BCUT2D eigenvalue weighted by Crippen LogP contribution is -2.69. The molecule has 2 heterocycles. The summed E-state index contributed by atoms with van der Waals surface area (Å²) in [5.74, 6) is 1.04. The number of fused-ring (bicyclic) bond motifs is 1. The smallest absolute Gasteiger partial charge is 0.245 e. The summed E-state index contributed by atoms with van der Waals surface area (Å²) in [7, 11) is 0. The van der Waals surface area contributed by atoms with Gasteiger partial charge in [-0.2, -0.15) is 0 Å². The molecule has 0 bridgehead atoms. The fraction of sp³-hybridized carbons (Fsp3) is 0.342. The van der Waals surface area contributed by atoms with Gasteiger partial charge in [-0.3, -0.25) is 14.4 Å². The maximum absolute atomic E-state index is 13.9. The number of piperidine rings is 1. The Morgan fingerprint density at radius 1 is 0.809 bits per heavy atom. The van der Waals surface area contributed by atoms with E-state index in [1.165, 1.54) is 0 Å². The van der Waals surface area contributed by atoms with Crippen molar-refractivity contribution in [2.75, 3.05) is 26.2 Å². The van der Waals surface area contributed by atoms with E-state index in [0.717, 1.165) is 53.6 Å². The number of nitrogens with one attached hydrogen (secondary N) is 3. The third-order valence-electron chi connectivity index (χ3n) is 9.19. The molecule has 2 saturated heterocycles. The fourth-order valence-electron chi connectivity index (χ4n) is 6.66. The molecule has 2 aliphatic heterocycles. The molecule has 0 radical (unpaired) electrons. The van der Waals surface area contributed by atoms with Crippen LogP contribution in [-0.2, 0) is 27.2 Å². The topological polar surface area (TPSA) is 126 Å². The molecule has 4 aromatic carbocycles. The second-order valence-electron chi connectivity index (χ2n) is 12.5. The summed E-state index contributed by atoms with van der Waals surface area (Å²) in [6.45, 7) is 2.47. The van der Waals surface area contributed by atoms with Gasteiger partial charge in [-0.1, -0.05) is 72.8 Å². The third kappa shape index (κ3) is 8.17. The highest BCUT2D eigenvalue weighted by molar-refractivity contribution is 5.98. The van der Waals surface area contributed by atoms with E-state index in [0.29, 0.717) is 25.1 Å². The van der Waals surface area contributed by atoms with Crippen LogP contribution in [0.2, 0.25) is 0 Å². The van der Waals surface area contributed by atoms with Crippen molar-refractivity contribution in [2.45, 2.75) is 50.2 Å². The van der Waals surface area contributed by atoms with E-state index in [-0.39, 0.29) is 36.6 Å². The number of ether oxygens (including phenoxy) is 1. The molecule has 0 saturated carbocycles. The minimum Gasteiger partial charge on any atom is -0.457 e. The summed E-state index contributed by atoms with van der Waals surface area (Å²) < 4.78 is 5.98. The van der Waals surface area contributed by atoms with E-state index in [1.807, 2.05) is 95.9 Å². The van der Waals surface area contributed by atoms with Crippen LogP contribution in [0, 0.1) is 5.92 Å². The Balaban J connectivity index is 1.24. The van der Waals surface area contributed by atoms with E-state index < -0.39 is 18.1 Å². The predicted molar refractivity (Wildman–Crippen MR) is 183 cm³/mol. The van der Waals surface area contributed by atoms with Crippen molar-refractivity contribution >= 4 is 28.5 Å². The summed E-state index contributed by atoms with van der Waals surface area (Å²) in [6, 6.07) is 29.1. The molecule has 244 valence electrons. The monoisotopic (exact) mass is 633 g/mol. The second-order valence-corrected chi connectivity index (χ2v) is 12.5. The number of carbonyl (C=O) groups excluding carboxylic acids is 3. The molecule has 3 amide bonds. The zero-order valence-electron chi connectivity index (χ0n) is 26.6. The van der Waals surface area contributed by atoms with Crippen molar-refractivity contribution in [3.05, 3.63) is 108 Å². The highest BCUT2D eigenvalue weighted by Crippen LogP contribution is 2.25. The van der Waals surface area contributed by atoms with Crippen LogP contribution in [0.15, 0.2) is 97.1 Å². The van der Waals surface area contributed by atoms with Gasteiger partial charge in [-0.05, 0) is 84.4 Å². The van der Waals surface area contributed by atoms with E-state index in [2.05, 4.69) is 22.0 Å². The molecule has 6 rings (SSSR count). The van der Waals surface area contributed by atoms with Crippen LogP contribution in [-0.4, -0.2) is 66.9 Å².